The van der Waals surface area contributed by atoms with Gasteiger partial charge in [-0.3, -0.25) is 20.0 Å². The number of rotatable bonds is 2. The fraction of sp³-hybridized carbons (Fsp3) is 0.250. The van der Waals surface area contributed by atoms with E-state index >= 15 is 0 Å². The second kappa shape index (κ2) is 4.14. The molecule has 0 saturated carbocycles. The molecule has 0 aliphatic carbocycles. The monoisotopic (exact) mass is 244 g/mol. The molecule has 1 atom stereocenters. The Morgan fingerprint density at radius 1 is 1.33 bits per heavy atom. The topological polar surface area (TPSA) is 86.9 Å². The highest BCUT2D eigenvalue weighted by molar-refractivity contribution is 6.01. The Balaban J connectivity index is 1.79. The molecule has 2 amide bonds. The van der Waals surface area contributed by atoms with E-state index in [-0.39, 0.29) is 17.9 Å². The van der Waals surface area contributed by atoms with Crippen LogP contribution in [0.4, 0.5) is 5.69 Å². The fourth-order valence-corrected chi connectivity index (χ4v) is 2.06. The second-order valence-corrected chi connectivity index (χ2v) is 4.32. The van der Waals surface area contributed by atoms with Crippen LogP contribution in [0.5, 0.6) is 0 Å². The molecule has 0 spiro atoms. The normalized spacial score (nSPS) is 19.9. The predicted octanol–water partition coefficient (Wildman–Crippen LogP) is 0.780. The van der Waals surface area contributed by atoms with Crippen molar-refractivity contribution in [2.24, 2.45) is 0 Å². The highest BCUT2D eigenvalue weighted by atomic mass is 16.2. The molecule has 92 valence electrons. The molecule has 18 heavy (non-hydrogen) atoms. The lowest BCUT2D eigenvalue weighted by Crippen LogP contribution is -2.47. The summed E-state index contributed by atoms with van der Waals surface area (Å²) >= 11 is 0. The SMILES string of the molecule is O=C1CCC(Nc2ccc3[nH]ncc3c2)C(=O)N1. The number of carbonyl (C=O) groups excluding carboxylic acids is 2. The van der Waals surface area contributed by atoms with E-state index in [1.807, 2.05) is 18.2 Å². The van der Waals surface area contributed by atoms with Crippen molar-refractivity contribution in [2.45, 2.75) is 18.9 Å². The molecule has 1 aromatic carbocycles. The quantitative estimate of drug-likeness (QED) is 0.681. The highest BCUT2D eigenvalue weighted by Crippen LogP contribution is 2.19. The number of hydrogen-bond acceptors (Lipinski definition) is 4. The van der Waals surface area contributed by atoms with Crippen LogP contribution in [0.2, 0.25) is 0 Å². The fourth-order valence-electron chi connectivity index (χ4n) is 2.06. The Morgan fingerprint density at radius 3 is 3.06 bits per heavy atom. The summed E-state index contributed by atoms with van der Waals surface area (Å²) < 4.78 is 0. The van der Waals surface area contributed by atoms with Crippen LogP contribution in [0.1, 0.15) is 12.8 Å². The molecule has 1 aliphatic rings. The summed E-state index contributed by atoms with van der Waals surface area (Å²) in [5, 5.41) is 13.2. The molecule has 2 aromatic rings. The lowest BCUT2D eigenvalue weighted by atomic mass is 10.1. The first-order chi connectivity index (χ1) is 8.72. The molecule has 6 heteroatoms. The first-order valence-corrected chi connectivity index (χ1v) is 5.76. The van der Waals surface area contributed by atoms with Crippen LogP contribution >= 0.6 is 0 Å². The predicted molar refractivity (Wildman–Crippen MR) is 65.9 cm³/mol. The van der Waals surface area contributed by atoms with Crippen LogP contribution in [0.3, 0.4) is 0 Å². The number of amides is 2. The highest BCUT2D eigenvalue weighted by Gasteiger charge is 2.26. The van der Waals surface area contributed by atoms with Gasteiger partial charge in [0.2, 0.25) is 11.8 Å². The summed E-state index contributed by atoms with van der Waals surface area (Å²) in [4.78, 5) is 22.6. The van der Waals surface area contributed by atoms with E-state index in [0.717, 1.165) is 16.6 Å². The number of carbonyl (C=O) groups is 2. The third-order valence-electron chi connectivity index (χ3n) is 3.02. The lowest BCUT2D eigenvalue weighted by Gasteiger charge is -2.22. The number of fused-ring (bicyclic) bond motifs is 1. The molecule has 3 N–H and O–H groups in total. The summed E-state index contributed by atoms with van der Waals surface area (Å²) in [5.41, 5.74) is 1.79. The average Bonchev–Trinajstić information content (AvgIpc) is 2.80. The van der Waals surface area contributed by atoms with Gasteiger partial charge in [-0.1, -0.05) is 0 Å². The van der Waals surface area contributed by atoms with Gasteiger partial charge in [-0.2, -0.15) is 5.10 Å². The largest absolute Gasteiger partial charge is 0.374 e. The zero-order chi connectivity index (χ0) is 12.5. The van der Waals surface area contributed by atoms with Gasteiger partial charge in [-0.15, -0.1) is 0 Å². The van der Waals surface area contributed by atoms with Crippen LogP contribution in [-0.2, 0) is 9.59 Å². The number of H-pyrrole nitrogens is 1. The molecule has 1 unspecified atom stereocenters. The van der Waals surface area contributed by atoms with Crippen LogP contribution in [-0.4, -0.2) is 28.1 Å². The van der Waals surface area contributed by atoms with Gasteiger partial charge < -0.3 is 5.32 Å². The Hall–Kier alpha value is -2.37. The zero-order valence-corrected chi connectivity index (χ0v) is 9.56. The molecule has 1 fully saturated rings. The van der Waals surface area contributed by atoms with E-state index in [9.17, 15) is 9.59 Å². The van der Waals surface area contributed by atoms with E-state index < -0.39 is 0 Å². The van der Waals surface area contributed by atoms with Crippen molar-refractivity contribution in [2.75, 3.05) is 5.32 Å². The minimum absolute atomic E-state index is 0.205. The number of piperidine rings is 1. The van der Waals surface area contributed by atoms with E-state index in [0.29, 0.717) is 12.8 Å². The Morgan fingerprint density at radius 2 is 2.22 bits per heavy atom. The smallest absolute Gasteiger partial charge is 0.249 e. The van der Waals surface area contributed by atoms with Gasteiger partial charge in [-0.05, 0) is 24.6 Å². The van der Waals surface area contributed by atoms with Gasteiger partial charge in [0.15, 0.2) is 0 Å². The molecule has 6 nitrogen and oxygen atoms in total. The van der Waals surface area contributed by atoms with Crippen LogP contribution in [0.15, 0.2) is 24.4 Å². The number of anilines is 1. The number of benzene rings is 1. The van der Waals surface area contributed by atoms with Gasteiger partial charge in [0.25, 0.3) is 0 Å². The zero-order valence-electron chi connectivity index (χ0n) is 9.56. The summed E-state index contributed by atoms with van der Waals surface area (Å²) in [7, 11) is 0. The van der Waals surface area contributed by atoms with Crippen molar-refractivity contribution in [1.82, 2.24) is 15.5 Å². The summed E-state index contributed by atoms with van der Waals surface area (Å²) in [6, 6.07) is 5.34. The maximum Gasteiger partial charge on any atom is 0.249 e. The van der Waals surface area contributed by atoms with Crippen molar-refractivity contribution in [3.05, 3.63) is 24.4 Å². The minimum Gasteiger partial charge on any atom is -0.374 e. The Bertz CT molecular complexity index is 619. The number of nitrogens with one attached hydrogen (secondary N) is 3. The van der Waals surface area contributed by atoms with E-state index in [4.69, 9.17) is 0 Å². The van der Waals surface area contributed by atoms with Crippen LogP contribution in [0, 0.1) is 0 Å². The Kier molecular flexibility index (Phi) is 2.47. The van der Waals surface area contributed by atoms with Gasteiger partial charge in [0, 0.05) is 17.5 Å². The maximum atomic E-state index is 11.6. The lowest BCUT2D eigenvalue weighted by molar-refractivity contribution is -0.133. The van der Waals surface area contributed by atoms with Gasteiger partial charge in [-0.25, -0.2) is 0 Å². The molecule has 1 saturated heterocycles. The number of aromatic nitrogens is 2. The number of hydrogen-bond donors (Lipinski definition) is 3. The number of imide groups is 1. The van der Waals surface area contributed by atoms with Crippen molar-refractivity contribution in [1.29, 1.82) is 0 Å². The third-order valence-corrected chi connectivity index (χ3v) is 3.02. The van der Waals surface area contributed by atoms with E-state index in [1.165, 1.54) is 0 Å². The van der Waals surface area contributed by atoms with Crippen molar-refractivity contribution < 1.29 is 9.59 Å². The average molecular weight is 244 g/mol. The first-order valence-electron chi connectivity index (χ1n) is 5.76. The van der Waals surface area contributed by atoms with Crippen LogP contribution in [0.25, 0.3) is 10.9 Å². The minimum atomic E-state index is -0.355. The second-order valence-electron chi connectivity index (χ2n) is 4.32. The molecule has 3 rings (SSSR count). The summed E-state index contributed by atoms with van der Waals surface area (Å²) in [6.45, 7) is 0. The van der Waals surface area contributed by atoms with E-state index in [1.54, 1.807) is 6.20 Å². The molecule has 0 radical (unpaired) electrons. The molecular formula is C12H12N4O2. The summed E-state index contributed by atoms with van der Waals surface area (Å²) in [5.74, 6) is -0.470. The number of nitrogens with zero attached hydrogens (tertiary/aromatic N) is 1. The van der Waals surface area contributed by atoms with Crippen molar-refractivity contribution >= 4 is 28.4 Å². The molecule has 1 aliphatic heterocycles. The summed E-state index contributed by atoms with van der Waals surface area (Å²) in [6.07, 6.45) is 2.62. The maximum absolute atomic E-state index is 11.6. The molecular weight excluding hydrogens is 232 g/mol. The Labute approximate surface area is 103 Å². The van der Waals surface area contributed by atoms with Gasteiger partial charge in [0.05, 0.1) is 11.7 Å². The molecule has 1 aromatic heterocycles. The molecule has 2 heterocycles. The van der Waals surface area contributed by atoms with Crippen molar-refractivity contribution in [3.63, 3.8) is 0 Å². The van der Waals surface area contributed by atoms with Crippen LogP contribution < -0.4 is 10.6 Å². The van der Waals surface area contributed by atoms with E-state index in [2.05, 4.69) is 20.8 Å². The van der Waals surface area contributed by atoms with Gasteiger partial charge >= 0.3 is 0 Å². The molecule has 0 bridgehead atoms. The van der Waals surface area contributed by atoms with Gasteiger partial charge in [0.1, 0.15) is 6.04 Å². The number of aromatic amines is 1. The standard InChI is InChI=1S/C12H12N4O2/c17-11-4-3-10(12(18)15-11)14-8-1-2-9-7(5-8)6-13-16-9/h1-2,5-6,10,14H,3-4H2,(H,13,16)(H,15,17,18). The first kappa shape index (κ1) is 10.8. The third kappa shape index (κ3) is 1.92. The van der Waals surface area contributed by atoms with Crippen molar-refractivity contribution in [3.8, 4) is 0 Å².